The third kappa shape index (κ3) is 2.88. The van der Waals surface area contributed by atoms with Crippen LogP contribution in [0.25, 0.3) is 11.0 Å². The number of hydrogen-bond acceptors (Lipinski definition) is 7. The van der Waals surface area contributed by atoms with Gasteiger partial charge in [0.1, 0.15) is 17.7 Å². The van der Waals surface area contributed by atoms with Crippen molar-refractivity contribution in [3.05, 3.63) is 23.8 Å². The monoisotopic (exact) mass is 315 g/mol. The lowest BCUT2D eigenvalue weighted by molar-refractivity contribution is 0.450. The average Bonchev–Trinajstić information content (AvgIpc) is 3.05. The fraction of sp³-hybridized carbons (Fsp3) is 0.533. The molecule has 0 fully saturated rings. The predicted octanol–water partition coefficient (Wildman–Crippen LogP) is 2.53. The molecular formula is C15H21N7O. The summed E-state index contributed by atoms with van der Waals surface area (Å²) in [6.07, 6.45) is 1.76. The molecule has 0 amide bonds. The number of nitrogens with zero attached hydrogens (tertiary/aromatic N) is 6. The average molecular weight is 315 g/mol. The predicted molar refractivity (Wildman–Crippen MR) is 86.1 cm³/mol. The first-order valence-corrected chi connectivity index (χ1v) is 7.52. The van der Waals surface area contributed by atoms with Crippen LogP contribution in [0.3, 0.4) is 0 Å². The summed E-state index contributed by atoms with van der Waals surface area (Å²) in [4.78, 5) is 9.34. The summed E-state index contributed by atoms with van der Waals surface area (Å²) in [6.45, 7) is 9.97. The number of anilines is 1. The SMILES string of the molecule is Cc1nnc([C@H](C)Nc2nc(C(C)(C)C)nc3c2cnn3C)o1. The lowest BCUT2D eigenvalue weighted by Gasteiger charge is -2.19. The molecule has 23 heavy (non-hydrogen) atoms. The Labute approximate surface area is 134 Å². The molecule has 0 aliphatic heterocycles. The molecule has 0 aliphatic carbocycles. The Kier molecular flexibility index (Phi) is 3.54. The molecular weight excluding hydrogens is 294 g/mol. The van der Waals surface area contributed by atoms with Crippen molar-refractivity contribution in [3.8, 4) is 0 Å². The highest BCUT2D eigenvalue weighted by Crippen LogP contribution is 2.28. The van der Waals surface area contributed by atoms with Crippen LogP contribution in [-0.4, -0.2) is 29.9 Å². The second-order valence-corrected chi connectivity index (χ2v) is 6.68. The third-order valence-electron chi connectivity index (χ3n) is 3.53. The van der Waals surface area contributed by atoms with E-state index < -0.39 is 0 Å². The standard InChI is InChI=1S/C15H21N7O/c1-8(13-21-20-9(2)23-13)17-11-10-7-16-22(6)12(10)19-14(18-11)15(3,4)5/h7-8H,1-6H3,(H,17,18,19)/t8-/m0/s1. The maximum absolute atomic E-state index is 5.48. The van der Waals surface area contributed by atoms with E-state index in [0.717, 1.165) is 22.7 Å². The summed E-state index contributed by atoms with van der Waals surface area (Å²) in [7, 11) is 1.87. The van der Waals surface area contributed by atoms with E-state index in [4.69, 9.17) is 9.40 Å². The normalized spacial score (nSPS) is 13.5. The number of aromatic nitrogens is 6. The second-order valence-electron chi connectivity index (χ2n) is 6.68. The van der Waals surface area contributed by atoms with Crippen LogP contribution in [0.1, 0.15) is 51.3 Å². The van der Waals surface area contributed by atoms with Gasteiger partial charge in [0.25, 0.3) is 0 Å². The Balaban J connectivity index is 2.05. The van der Waals surface area contributed by atoms with Crippen molar-refractivity contribution in [3.63, 3.8) is 0 Å². The number of nitrogens with one attached hydrogen (secondary N) is 1. The molecule has 122 valence electrons. The van der Waals surface area contributed by atoms with E-state index in [1.165, 1.54) is 0 Å². The zero-order chi connectivity index (χ0) is 16.8. The van der Waals surface area contributed by atoms with Gasteiger partial charge in [0, 0.05) is 19.4 Å². The number of hydrogen-bond donors (Lipinski definition) is 1. The minimum Gasteiger partial charge on any atom is -0.423 e. The molecule has 1 N–H and O–H groups in total. The Morgan fingerprint density at radius 3 is 2.57 bits per heavy atom. The van der Waals surface area contributed by atoms with Crippen molar-refractivity contribution in [2.75, 3.05) is 5.32 Å². The van der Waals surface area contributed by atoms with Gasteiger partial charge >= 0.3 is 0 Å². The van der Waals surface area contributed by atoms with Gasteiger partial charge in [-0.25, -0.2) is 9.97 Å². The van der Waals surface area contributed by atoms with Crippen LogP contribution in [0.4, 0.5) is 5.82 Å². The maximum Gasteiger partial charge on any atom is 0.238 e. The quantitative estimate of drug-likeness (QED) is 0.793. The van der Waals surface area contributed by atoms with Crippen LogP contribution in [0, 0.1) is 6.92 Å². The minimum absolute atomic E-state index is 0.165. The lowest BCUT2D eigenvalue weighted by Crippen LogP contribution is -2.18. The first kappa shape index (κ1) is 15.4. The van der Waals surface area contributed by atoms with E-state index in [2.05, 4.69) is 46.4 Å². The van der Waals surface area contributed by atoms with Crippen molar-refractivity contribution in [1.82, 2.24) is 29.9 Å². The van der Waals surface area contributed by atoms with Crippen LogP contribution >= 0.6 is 0 Å². The van der Waals surface area contributed by atoms with Crippen molar-refractivity contribution in [2.45, 2.75) is 46.1 Å². The summed E-state index contributed by atoms with van der Waals surface area (Å²) in [5.74, 6) is 2.54. The molecule has 1 atom stereocenters. The summed E-state index contributed by atoms with van der Waals surface area (Å²) < 4.78 is 7.23. The van der Waals surface area contributed by atoms with Gasteiger partial charge in [0.05, 0.1) is 11.6 Å². The third-order valence-corrected chi connectivity index (χ3v) is 3.53. The Hall–Kier alpha value is -2.51. The summed E-state index contributed by atoms with van der Waals surface area (Å²) >= 11 is 0. The molecule has 0 saturated heterocycles. The molecule has 0 aliphatic rings. The molecule has 3 aromatic rings. The maximum atomic E-state index is 5.48. The molecule has 3 aromatic heterocycles. The van der Waals surface area contributed by atoms with Gasteiger partial charge < -0.3 is 9.73 Å². The molecule has 0 radical (unpaired) electrons. The van der Waals surface area contributed by atoms with Gasteiger partial charge in [0.2, 0.25) is 11.8 Å². The van der Waals surface area contributed by atoms with Gasteiger partial charge in [-0.3, -0.25) is 4.68 Å². The summed E-state index contributed by atoms with van der Waals surface area (Å²) in [6, 6.07) is -0.165. The van der Waals surface area contributed by atoms with Crippen LogP contribution in [0.5, 0.6) is 0 Å². The van der Waals surface area contributed by atoms with Crippen molar-refractivity contribution in [1.29, 1.82) is 0 Å². The highest BCUT2D eigenvalue weighted by molar-refractivity contribution is 5.86. The molecule has 8 nitrogen and oxygen atoms in total. The van der Waals surface area contributed by atoms with Crippen molar-refractivity contribution >= 4 is 16.9 Å². The topological polar surface area (TPSA) is 94.5 Å². The highest BCUT2D eigenvalue weighted by Gasteiger charge is 2.23. The molecule has 0 aromatic carbocycles. The first-order valence-electron chi connectivity index (χ1n) is 7.52. The molecule has 0 bridgehead atoms. The van der Waals surface area contributed by atoms with Gasteiger partial charge in [0.15, 0.2) is 5.65 Å². The number of fused-ring (bicyclic) bond motifs is 1. The Morgan fingerprint density at radius 2 is 1.96 bits per heavy atom. The van der Waals surface area contributed by atoms with Crippen LogP contribution < -0.4 is 5.32 Å². The van der Waals surface area contributed by atoms with Crippen LogP contribution in [-0.2, 0) is 12.5 Å². The van der Waals surface area contributed by atoms with E-state index >= 15 is 0 Å². The molecule has 0 saturated carbocycles. The second kappa shape index (κ2) is 5.29. The van der Waals surface area contributed by atoms with Gasteiger partial charge in [-0.15, -0.1) is 10.2 Å². The minimum atomic E-state index is -0.167. The molecule has 3 heterocycles. The van der Waals surface area contributed by atoms with Crippen LogP contribution in [0.2, 0.25) is 0 Å². The van der Waals surface area contributed by atoms with Gasteiger partial charge in [-0.2, -0.15) is 5.10 Å². The zero-order valence-corrected chi connectivity index (χ0v) is 14.2. The van der Waals surface area contributed by atoms with Gasteiger partial charge in [-0.1, -0.05) is 20.8 Å². The summed E-state index contributed by atoms with van der Waals surface area (Å²) in [5.41, 5.74) is 0.625. The zero-order valence-electron chi connectivity index (χ0n) is 14.2. The Bertz CT molecular complexity index is 843. The number of rotatable bonds is 3. The molecule has 8 heteroatoms. The van der Waals surface area contributed by atoms with Crippen LogP contribution in [0.15, 0.2) is 10.6 Å². The largest absolute Gasteiger partial charge is 0.423 e. The van der Waals surface area contributed by atoms with E-state index in [1.54, 1.807) is 17.8 Å². The van der Waals surface area contributed by atoms with Crippen molar-refractivity contribution < 1.29 is 4.42 Å². The molecule has 3 rings (SSSR count). The van der Waals surface area contributed by atoms with E-state index in [-0.39, 0.29) is 11.5 Å². The van der Waals surface area contributed by atoms with Gasteiger partial charge in [-0.05, 0) is 6.92 Å². The van der Waals surface area contributed by atoms with Crippen molar-refractivity contribution in [2.24, 2.45) is 7.05 Å². The molecule has 0 spiro atoms. The fourth-order valence-electron chi connectivity index (χ4n) is 2.22. The van der Waals surface area contributed by atoms with E-state index in [0.29, 0.717) is 11.8 Å². The lowest BCUT2D eigenvalue weighted by atomic mass is 9.95. The number of aryl methyl sites for hydroxylation is 2. The fourth-order valence-corrected chi connectivity index (χ4v) is 2.22. The molecule has 0 unspecified atom stereocenters. The van der Waals surface area contributed by atoms with E-state index in [9.17, 15) is 0 Å². The Morgan fingerprint density at radius 1 is 1.22 bits per heavy atom. The highest BCUT2D eigenvalue weighted by atomic mass is 16.4. The smallest absolute Gasteiger partial charge is 0.238 e. The van der Waals surface area contributed by atoms with E-state index in [1.807, 2.05) is 14.0 Å². The summed E-state index contributed by atoms with van der Waals surface area (Å²) in [5, 5.41) is 16.4. The first-order chi connectivity index (χ1) is 10.8.